The lowest BCUT2D eigenvalue weighted by Gasteiger charge is -2.40. The minimum Gasteiger partial charge on any atom is -0.465 e. The van der Waals surface area contributed by atoms with E-state index in [1.165, 1.54) is 50.4 Å². The highest BCUT2D eigenvalue weighted by molar-refractivity contribution is 7.09. The summed E-state index contributed by atoms with van der Waals surface area (Å²) in [5.41, 5.74) is 0.483. The van der Waals surface area contributed by atoms with E-state index < -0.39 is 0 Å². The summed E-state index contributed by atoms with van der Waals surface area (Å²) in [7, 11) is 0. The molecule has 124 valence electrons. The molecule has 4 nitrogen and oxygen atoms in total. The van der Waals surface area contributed by atoms with Crippen LogP contribution >= 0.6 is 11.3 Å². The van der Waals surface area contributed by atoms with Gasteiger partial charge in [-0.2, -0.15) is 0 Å². The van der Waals surface area contributed by atoms with Crippen molar-refractivity contribution < 1.29 is 4.42 Å². The number of hydrogen-bond acceptors (Lipinski definition) is 5. The van der Waals surface area contributed by atoms with Gasteiger partial charge in [0.05, 0.1) is 13.1 Å². The minimum absolute atomic E-state index is 0.483. The van der Waals surface area contributed by atoms with Gasteiger partial charge in [-0.15, -0.1) is 11.3 Å². The summed E-state index contributed by atoms with van der Waals surface area (Å²) in [6.07, 6.45) is 5.92. The lowest BCUT2D eigenvalue weighted by Crippen LogP contribution is -2.44. The van der Waals surface area contributed by atoms with Crippen molar-refractivity contribution in [1.82, 2.24) is 14.8 Å². The molecule has 2 aliphatic rings. The first-order valence-corrected chi connectivity index (χ1v) is 9.47. The second-order valence-electron chi connectivity index (χ2n) is 7.21. The molecule has 0 saturated carbocycles. The van der Waals surface area contributed by atoms with Gasteiger partial charge in [0, 0.05) is 24.7 Å². The van der Waals surface area contributed by atoms with Crippen LogP contribution in [-0.2, 0) is 13.1 Å². The molecular formula is C18H25N3OS. The zero-order valence-corrected chi connectivity index (χ0v) is 14.6. The number of aryl methyl sites for hydroxylation is 1. The Morgan fingerprint density at radius 3 is 2.78 bits per heavy atom. The maximum Gasteiger partial charge on any atom is 0.118 e. The fraction of sp³-hybridized carbons (Fsp3) is 0.611. The van der Waals surface area contributed by atoms with Crippen molar-refractivity contribution in [3.05, 3.63) is 40.2 Å². The van der Waals surface area contributed by atoms with E-state index in [1.54, 1.807) is 11.3 Å². The van der Waals surface area contributed by atoms with Gasteiger partial charge in [0.1, 0.15) is 16.5 Å². The smallest absolute Gasteiger partial charge is 0.118 e. The highest BCUT2D eigenvalue weighted by atomic mass is 32.1. The van der Waals surface area contributed by atoms with Crippen molar-refractivity contribution in [2.75, 3.05) is 26.2 Å². The van der Waals surface area contributed by atoms with Gasteiger partial charge in [-0.25, -0.2) is 4.98 Å². The standard InChI is InChI=1S/C18H25N3OS/c1-15-3-4-16(22-15)11-20-8-2-5-18(13-20)6-9-21(14-18)12-17-19-7-10-23-17/h3-4,7,10H,2,5-6,8-9,11-14H2,1H3/t18-/m0/s1. The largest absolute Gasteiger partial charge is 0.465 e. The minimum atomic E-state index is 0.483. The Balaban J connectivity index is 1.37. The van der Waals surface area contributed by atoms with Gasteiger partial charge >= 0.3 is 0 Å². The first kappa shape index (κ1) is 15.4. The molecule has 1 spiro atoms. The average molecular weight is 331 g/mol. The van der Waals surface area contributed by atoms with Crippen molar-refractivity contribution in [3.63, 3.8) is 0 Å². The molecule has 0 unspecified atom stereocenters. The molecule has 0 bridgehead atoms. The molecule has 2 aromatic rings. The number of thiazole rings is 1. The highest BCUT2D eigenvalue weighted by Crippen LogP contribution is 2.39. The third-order valence-corrected chi connectivity index (χ3v) is 6.04. The Labute approximate surface area is 142 Å². The van der Waals surface area contributed by atoms with Gasteiger partial charge in [0.2, 0.25) is 0 Å². The van der Waals surface area contributed by atoms with Crippen LogP contribution in [0.5, 0.6) is 0 Å². The van der Waals surface area contributed by atoms with Crippen molar-refractivity contribution in [3.8, 4) is 0 Å². The molecule has 5 heteroatoms. The predicted octanol–water partition coefficient (Wildman–Crippen LogP) is 3.53. The number of hydrogen-bond donors (Lipinski definition) is 0. The van der Waals surface area contributed by atoms with E-state index in [-0.39, 0.29) is 0 Å². The third kappa shape index (κ3) is 3.52. The summed E-state index contributed by atoms with van der Waals surface area (Å²) < 4.78 is 5.77. The summed E-state index contributed by atoms with van der Waals surface area (Å²) in [4.78, 5) is 9.63. The van der Waals surface area contributed by atoms with Crippen LogP contribution in [0.25, 0.3) is 0 Å². The molecule has 1 atom stereocenters. The van der Waals surface area contributed by atoms with Gasteiger partial charge in [0.15, 0.2) is 0 Å². The quantitative estimate of drug-likeness (QED) is 0.858. The molecule has 2 aromatic heterocycles. The summed E-state index contributed by atoms with van der Waals surface area (Å²) in [6.45, 7) is 8.86. The molecule has 2 aliphatic heterocycles. The Hall–Kier alpha value is -1.17. The van der Waals surface area contributed by atoms with Crippen molar-refractivity contribution in [2.45, 2.75) is 39.3 Å². The first-order valence-electron chi connectivity index (χ1n) is 8.59. The van der Waals surface area contributed by atoms with Crippen molar-refractivity contribution in [2.24, 2.45) is 5.41 Å². The van der Waals surface area contributed by atoms with Crippen molar-refractivity contribution >= 4 is 11.3 Å². The monoisotopic (exact) mass is 331 g/mol. The molecule has 4 heterocycles. The van der Waals surface area contributed by atoms with E-state index in [0.29, 0.717) is 5.41 Å². The lowest BCUT2D eigenvalue weighted by atomic mass is 9.79. The van der Waals surface area contributed by atoms with Crippen LogP contribution in [0.3, 0.4) is 0 Å². The van der Waals surface area contributed by atoms with Gasteiger partial charge in [0.25, 0.3) is 0 Å². The van der Waals surface area contributed by atoms with Crippen LogP contribution in [-0.4, -0.2) is 41.0 Å². The fourth-order valence-corrected chi connectivity index (χ4v) is 4.91. The molecule has 4 rings (SSSR count). The number of nitrogens with zero attached hydrogens (tertiary/aromatic N) is 3. The molecule has 2 fully saturated rings. The average Bonchev–Trinajstić information content (AvgIpc) is 3.24. The Morgan fingerprint density at radius 1 is 1.17 bits per heavy atom. The van der Waals surface area contributed by atoms with Crippen molar-refractivity contribution in [1.29, 1.82) is 0 Å². The molecule has 0 aromatic carbocycles. The van der Waals surface area contributed by atoms with E-state index in [0.717, 1.165) is 24.6 Å². The van der Waals surface area contributed by atoms with Gasteiger partial charge < -0.3 is 4.42 Å². The van der Waals surface area contributed by atoms with E-state index in [9.17, 15) is 0 Å². The summed E-state index contributed by atoms with van der Waals surface area (Å²) in [5.74, 6) is 2.12. The molecule has 0 aliphatic carbocycles. The van der Waals surface area contributed by atoms with Crippen LogP contribution in [0.4, 0.5) is 0 Å². The normalized spacial score (nSPS) is 26.3. The van der Waals surface area contributed by atoms with E-state index in [2.05, 4.69) is 32.3 Å². The summed E-state index contributed by atoms with van der Waals surface area (Å²) >= 11 is 1.77. The highest BCUT2D eigenvalue weighted by Gasteiger charge is 2.41. The van der Waals surface area contributed by atoms with Crippen LogP contribution in [0, 0.1) is 12.3 Å². The van der Waals surface area contributed by atoms with Crippen LogP contribution < -0.4 is 0 Å². The number of furan rings is 1. The Bertz CT molecular complexity index is 638. The first-order chi connectivity index (χ1) is 11.2. The second kappa shape index (κ2) is 6.38. The Morgan fingerprint density at radius 2 is 2.04 bits per heavy atom. The zero-order chi connectivity index (χ0) is 15.7. The molecule has 0 N–H and O–H groups in total. The molecule has 2 saturated heterocycles. The van der Waals surface area contributed by atoms with Gasteiger partial charge in [-0.05, 0) is 56.8 Å². The maximum absolute atomic E-state index is 5.77. The molecule has 0 radical (unpaired) electrons. The van der Waals surface area contributed by atoms with Gasteiger partial charge in [-0.3, -0.25) is 9.80 Å². The molecular weight excluding hydrogens is 306 g/mol. The lowest BCUT2D eigenvalue weighted by molar-refractivity contribution is 0.0813. The number of likely N-dealkylation sites (tertiary alicyclic amines) is 2. The van der Waals surface area contributed by atoms with E-state index in [1.807, 2.05) is 13.1 Å². The SMILES string of the molecule is Cc1ccc(CN2CCC[C@]3(CCN(Cc4nccs4)C3)C2)o1. The van der Waals surface area contributed by atoms with E-state index >= 15 is 0 Å². The fourth-order valence-electron chi connectivity index (χ4n) is 4.25. The number of aromatic nitrogens is 1. The summed E-state index contributed by atoms with van der Waals surface area (Å²) in [5, 5.41) is 3.33. The second-order valence-corrected chi connectivity index (χ2v) is 8.19. The summed E-state index contributed by atoms with van der Waals surface area (Å²) in [6, 6.07) is 4.19. The third-order valence-electron chi connectivity index (χ3n) is 5.28. The maximum atomic E-state index is 5.77. The molecule has 23 heavy (non-hydrogen) atoms. The zero-order valence-electron chi connectivity index (χ0n) is 13.8. The number of rotatable bonds is 4. The Kier molecular flexibility index (Phi) is 4.26. The van der Waals surface area contributed by atoms with Gasteiger partial charge in [-0.1, -0.05) is 0 Å². The molecule has 0 amide bonds. The van der Waals surface area contributed by atoms with Crippen LogP contribution in [0.2, 0.25) is 0 Å². The van der Waals surface area contributed by atoms with Crippen LogP contribution in [0.15, 0.2) is 28.1 Å². The van der Waals surface area contributed by atoms with E-state index in [4.69, 9.17) is 4.42 Å². The predicted molar refractivity (Wildman–Crippen MR) is 92.4 cm³/mol. The topological polar surface area (TPSA) is 32.5 Å². The van der Waals surface area contributed by atoms with Crippen LogP contribution in [0.1, 0.15) is 35.8 Å². The number of piperidine rings is 1.